The molecule has 1 aliphatic rings. The molecule has 0 amide bonds. The van der Waals surface area contributed by atoms with Gasteiger partial charge in [0.25, 0.3) is 0 Å². The first-order valence-electron chi connectivity index (χ1n) is 7.37. The molecule has 0 aromatic rings. The van der Waals surface area contributed by atoms with E-state index in [2.05, 4.69) is 36.7 Å². The SMILES string of the molecule is CCC1CCCC(OCC(CC)(CC)CBr)C1. The van der Waals surface area contributed by atoms with Gasteiger partial charge in [-0.3, -0.25) is 0 Å². The molecule has 1 rings (SSSR count). The maximum atomic E-state index is 6.22. The minimum atomic E-state index is 0.360. The number of alkyl halides is 1. The molecule has 1 nitrogen and oxygen atoms in total. The smallest absolute Gasteiger partial charge is 0.0578 e. The quantitative estimate of drug-likeness (QED) is 0.589. The van der Waals surface area contributed by atoms with Crippen LogP contribution in [0.4, 0.5) is 0 Å². The van der Waals surface area contributed by atoms with Crippen molar-refractivity contribution in [3.05, 3.63) is 0 Å². The van der Waals surface area contributed by atoms with Crippen LogP contribution in [-0.4, -0.2) is 18.0 Å². The fourth-order valence-electron chi connectivity index (χ4n) is 2.74. The van der Waals surface area contributed by atoms with E-state index in [0.717, 1.165) is 17.9 Å². The van der Waals surface area contributed by atoms with Crippen LogP contribution in [0.2, 0.25) is 0 Å². The standard InChI is InChI=1S/C15H29BrO/c1-4-13-8-7-9-14(10-13)17-12-15(5-2,6-3)11-16/h13-14H,4-12H2,1-3H3. The lowest BCUT2D eigenvalue weighted by Gasteiger charge is -2.34. The van der Waals surface area contributed by atoms with Crippen LogP contribution in [0, 0.1) is 11.3 Å². The fourth-order valence-corrected chi connectivity index (χ4v) is 3.70. The number of rotatable bonds is 7. The summed E-state index contributed by atoms with van der Waals surface area (Å²) in [7, 11) is 0. The minimum absolute atomic E-state index is 0.360. The Morgan fingerprint density at radius 2 is 1.88 bits per heavy atom. The highest BCUT2D eigenvalue weighted by molar-refractivity contribution is 9.09. The van der Waals surface area contributed by atoms with Gasteiger partial charge in [0.05, 0.1) is 12.7 Å². The molecule has 0 bridgehead atoms. The van der Waals surface area contributed by atoms with Crippen molar-refractivity contribution >= 4 is 15.9 Å². The lowest BCUT2D eigenvalue weighted by molar-refractivity contribution is -0.0311. The lowest BCUT2D eigenvalue weighted by Crippen LogP contribution is -2.32. The Balaban J connectivity index is 2.38. The summed E-state index contributed by atoms with van der Waals surface area (Å²) < 4.78 is 6.22. The minimum Gasteiger partial charge on any atom is -0.378 e. The molecule has 2 unspecified atom stereocenters. The number of hydrogen-bond acceptors (Lipinski definition) is 1. The third-order valence-electron chi connectivity index (χ3n) is 4.72. The largest absolute Gasteiger partial charge is 0.378 e. The molecule has 17 heavy (non-hydrogen) atoms. The maximum absolute atomic E-state index is 6.22. The molecule has 0 aromatic heterocycles. The van der Waals surface area contributed by atoms with Crippen LogP contribution in [0.5, 0.6) is 0 Å². The van der Waals surface area contributed by atoms with Crippen LogP contribution in [0.25, 0.3) is 0 Å². The predicted molar refractivity (Wildman–Crippen MR) is 78.8 cm³/mol. The van der Waals surface area contributed by atoms with Crippen LogP contribution in [0.15, 0.2) is 0 Å². The van der Waals surface area contributed by atoms with Crippen LogP contribution < -0.4 is 0 Å². The van der Waals surface area contributed by atoms with Gasteiger partial charge in [0.2, 0.25) is 0 Å². The van der Waals surface area contributed by atoms with E-state index >= 15 is 0 Å². The zero-order valence-electron chi connectivity index (χ0n) is 11.8. The molecular formula is C15H29BrO. The molecule has 0 aliphatic heterocycles. The van der Waals surface area contributed by atoms with Crippen LogP contribution in [0.3, 0.4) is 0 Å². The van der Waals surface area contributed by atoms with E-state index in [9.17, 15) is 0 Å². The third-order valence-corrected chi connectivity index (χ3v) is 5.91. The summed E-state index contributed by atoms with van der Waals surface area (Å²) >= 11 is 3.66. The van der Waals surface area contributed by atoms with Gasteiger partial charge < -0.3 is 4.74 Å². The highest BCUT2D eigenvalue weighted by atomic mass is 79.9. The Hall–Kier alpha value is 0.440. The molecule has 1 aliphatic carbocycles. The summed E-state index contributed by atoms with van der Waals surface area (Å²) in [6, 6.07) is 0. The summed E-state index contributed by atoms with van der Waals surface area (Å²) in [4.78, 5) is 0. The van der Waals surface area contributed by atoms with Gasteiger partial charge in [0.15, 0.2) is 0 Å². The van der Waals surface area contributed by atoms with Crippen LogP contribution in [-0.2, 0) is 4.74 Å². The van der Waals surface area contributed by atoms with Crippen molar-refractivity contribution in [1.82, 2.24) is 0 Å². The number of hydrogen-bond donors (Lipinski definition) is 0. The molecule has 1 fully saturated rings. The predicted octanol–water partition coefficient (Wildman–Crippen LogP) is 5.17. The van der Waals surface area contributed by atoms with Gasteiger partial charge >= 0.3 is 0 Å². The van der Waals surface area contributed by atoms with Gasteiger partial charge in [0, 0.05) is 10.7 Å². The van der Waals surface area contributed by atoms with Crippen LogP contribution in [0.1, 0.15) is 65.7 Å². The fraction of sp³-hybridized carbons (Fsp3) is 1.00. The van der Waals surface area contributed by atoms with Crippen molar-refractivity contribution in [2.45, 2.75) is 71.8 Å². The summed E-state index contributed by atoms with van der Waals surface area (Å²) in [6.45, 7) is 7.81. The molecule has 0 spiro atoms. The molecule has 0 aromatic carbocycles. The van der Waals surface area contributed by atoms with Crippen molar-refractivity contribution in [2.24, 2.45) is 11.3 Å². The van der Waals surface area contributed by atoms with E-state index in [1.807, 2.05) is 0 Å². The third kappa shape index (κ3) is 4.55. The van der Waals surface area contributed by atoms with E-state index in [-0.39, 0.29) is 0 Å². The van der Waals surface area contributed by atoms with Crippen molar-refractivity contribution in [1.29, 1.82) is 0 Å². The first-order valence-corrected chi connectivity index (χ1v) is 8.49. The highest BCUT2D eigenvalue weighted by Crippen LogP contribution is 2.33. The summed E-state index contributed by atoms with van der Waals surface area (Å²) in [6.07, 6.45) is 9.63. The van der Waals surface area contributed by atoms with E-state index in [0.29, 0.717) is 11.5 Å². The second-order valence-electron chi connectivity index (χ2n) is 5.71. The average molecular weight is 305 g/mol. The lowest BCUT2D eigenvalue weighted by atomic mass is 9.84. The average Bonchev–Trinajstić information content (AvgIpc) is 2.41. The first kappa shape index (κ1) is 15.5. The Bertz CT molecular complexity index is 193. The van der Waals surface area contributed by atoms with E-state index < -0.39 is 0 Å². The van der Waals surface area contributed by atoms with Crippen molar-refractivity contribution < 1.29 is 4.74 Å². The van der Waals surface area contributed by atoms with E-state index in [1.165, 1.54) is 44.9 Å². The summed E-state index contributed by atoms with van der Waals surface area (Å²) in [5.41, 5.74) is 0.360. The zero-order chi connectivity index (χ0) is 12.7. The highest BCUT2D eigenvalue weighted by Gasteiger charge is 2.28. The first-order chi connectivity index (χ1) is 8.19. The van der Waals surface area contributed by atoms with Gasteiger partial charge in [-0.1, -0.05) is 56.0 Å². The Morgan fingerprint density at radius 1 is 1.18 bits per heavy atom. The van der Waals surface area contributed by atoms with Gasteiger partial charge in [-0.05, 0) is 31.6 Å². The topological polar surface area (TPSA) is 9.23 Å². The summed E-state index contributed by atoms with van der Waals surface area (Å²) in [5.74, 6) is 0.912. The molecule has 2 atom stereocenters. The van der Waals surface area contributed by atoms with Crippen LogP contribution >= 0.6 is 15.9 Å². The molecule has 1 saturated carbocycles. The number of ether oxygens (including phenoxy) is 1. The Morgan fingerprint density at radius 3 is 2.41 bits per heavy atom. The van der Waals surface area contributed by atoms with Gasteiger partial charge in [0.1, 0.15) is 0 Å². The molecule has 0 N–H and O–H groups in total. The molecule has 102 valence electrons. The molecule has 0 heterocycles. The molecular weight excluding hydrogens is 276 g/mol. The normalized spacial score (nSPS) is 26.1. The maximum Gasteiger partial charge on any atom is 0.0578 e. The van der Waals surface area contributed by atoms with Gasteiger partial charge in [-0.2, -0.15) is 0 Å². The second kappa shape index (κ2) is 7.78. The summed E-state index contributed by atoms with van der Waals surface area (Å²) in [5, 5.41) is 1.07. The van der Waals surface area contributed by atoms with Gasteiger partial charge in [-0.25, -0.2) is 0 Å². The Labute approximate surface area is 116 Å². The van der Waals surface area contributed by atoms with Gasteiger partial charge in [-0.15, -0.1) is 0 Å². The molecule has 0 saturated heterocycles. The van der Waals surface area contributed by atoms with Crippen molar-refractivity contribution in [2.75, 3.05) is 11.9 Å². The van der Waals surface area contributed by atoms with E-state index in [1.54, 1.807) is 0 Å². The Kier molecular flexibility index (Phi) is 7.10. The van der Waals surface area contributed by atoms with E-state index in [4.69, 9.17) is 4.74 Å². The monoisotopic (exact) mass is 304 g/mol. The second-order valence-corrected chi connectivity index (χ2v) is 6.28. The molecule has 0 radical (unpaired) electrons. The number of halogens is 1. The van der Waals surface area contributed by atoms with Crippen molar-refractivity contribution in [3.63, 3.8) is 0 Å². The zero-order valence-corrected chi connectivity index (χ0v) is 13.4. The molecule has 2 heteroatoms. The van der Waals surface area contributed by atoms with Crippen molar-refractivity contribution in [3.8, 4) is 0 Å².